The Bertz CT molecular complexity index is 1310. The minimum absolute atomic E-state index is 0.106. The van der Waals surface area contributed by atoms with Gasteiger partial charge in [0.1, 0.15) is 11.4 Å². The van der Waals surface area contributed by atoms with Gasteiger partial charge in [0.15, 0.2) is 0 Å². The standard InChI is InChI=1S/C27H28ClF3N4O4/c1-26(2,3)39-25(37)34-14-12-17(13-15-34)23-22(16-32-35(23)20-8-4-18(28)5-9-20)24(36)33-19-6-10-21(11-7-19)38-27(29,30)31/h4-11,16-17H,12-15H2,1-3H3,(H,33,36). The fourth-order valence-electron chi connectivity index (χ4n) is 4.31. The van der Waals surface area contributed by atoms with Crippen molar-refractivity contribution in [2.75, 3.05) is 18.4 Å². The van der Waals surface area contributed by atoms with Crippen LogP contribution in [-0.2, 0) is 4.74 Å². The molecule has 1 saturated heterocycles. The molecule has 12 heteroatoms. The predicted octanol–water partition coefficient (Wildman–Crippen LogP) is 6.79. The average Bonchev–Trinajstić information content (AvgIpc) is 3.29. The Morgan fingerprint density at radius 2 is 1.62 bits per heavy atom. The predicted molar refractivity (Wildman–Crippen MR) is 139 cm³/mol. The van der Waals surface area contributed by atoms with Gasteiger partial charge in [0.25, 0.3) is 5.91 Å². The first-order chi connectivity index (χ1) is 18.3. The number of nitrogens with zero attached hydrogens (tertiary/aromatic N) is 3. The number of likely N-dealkylation sites (tertiary alicyclic amines) is 1. The number of rotatable bonds is 5. The van der Waals surface area contributed by atoms with Gasteiger partial charge >= 0.3 is 12.5 Å². The van der Waals surface area contributed by atoms with Gasteiger partial charge in [0, 0.05) is 29.7 Å². The quantitative estimate of drug-likeness (QED) is 0.369. The summed E-state index contributed by atoms with van der Waals surface area (Å²) in [4.78, 5) is 27.5. The fourth-order valence-corrected chi connectivity index (χ4v) is 4.44. The van der Waals surface area contributed by atoms with Crippen LogP contribution in [0.3, 0.4) is 0 Å². The fraction of sp³-hybridized carbons (Fsp3) is 0.370. The van der Waals surface area contributed by atoms with E-state index in [0.29, 0.717) is 53.6 Å². The number of hydrogen-bond donors (Lipinski definition) is 1. The van der Waals surface area contributed by atoms with Gasteiger partial charge in [-0.1, -0.05) is 11.6 Å². The molecule has 3 aromatic rings. The van der Waals surface area contributed by atoms with Gasteiger partial charge in [0.05, 0.1) is 23.1 Å². The molecule has 1 aromatic heterocycles. The molecule has 39 heavy (non-hydrogen) atoms. The van der Waals surface area contributed by atoms with Crippen molar-refractivity contribution in [3.05, 3.63) is 71.0 Å². The van der Waals surface area contributed by atoms with E-state index in [0.717, 1.165) is 12.1 Å². The van der Waals surface area contributed by atoms with Crippen LogP contribution in [-0.4, -0.2) is 51.7 Å². The molecule has 8 nitrogen and oxygen atoms in total. The van der Waals surface area contributed by atoms with Crippen LogP contribution < -0.4 is 10.1 Å². The highest BCUT2D eigenvalue weighted by molar-refractivity contribution is 6.30. The van der Waals surface area contributed by atoms with E-state index >= 15 is 0 Å². The van der Waals surface area contributed by atoms with Crippen molar-refractivity contribution in [2.24, 2.45) is 0 Å². The topological polar surface area (TPSA) is 85.7 Å². The first-order valence-corrected chi connectivity index (χ1v) is 12.7. The summed E-state index contributed by atoms with van der Waals surface area (Å²) >= 11 is 6.06. The number of aromatic nitrogens is 2. The van der Waals surface area contributed by atoms with Crippen molar-refractivity contribution in [1.29, 1.82) is 0 Å². The Kier molecular flexibility index (Phi) is 8.10. The van der Waals surface area contributed by atoms with E-state index in [1.165, 1.54) is 18.3 Å². The lowest BCUT2D eigenvalue weighted by Crippen LogP contribution is -2.41. The van der Waals surface area contributed by atoms with Crippen molar-refractivity contribution in [2.45, 2.75) is 51.5 Å². The Morgan fingerprint density at radius 3 is 2.18 bits per heavy atom. The van der Waals surface area contributed by atoms with E-state index in [1.54, 1.807) is 33.8 Å². The van der Waals surface area contributed by atoms with Gasteiger partial charge in [-0.25, -0.2) is 9.48 Å². The highest BCUT2D eigenvalue weighted by Crippen LogP contribution is 2.33. The molecule has 1 aliphatic rings. The van der Waals surface area contributed by atoms with Crippen LogP contribution in [0.2, 0.25) is 5.02 Å². The zero-order chi connectivity index (χ0) is 28.4. The first kappa shape index (κ1) is 28.3. The summed E-state index contributed by atoms with van der Waals surface area (Å²) < 4.78 is 48.4. The Morgan fingerprint density at radius 1 is 1.00 bits per heavy atom. The highest BCUT2D eigenvalue weighted by Gasteiger charge is 2.33. The number of amides is 2. The number of benzene rings is 2. The summed E-state index contributed by atoms with van der Waals surface area (Å²) in [6, 6.07) is 11.9. The summed E-state index contributed by atoms with van der Waals surface area (Å²) in [5.41, 5.74) is 1.37. The molecular formula is C27H28ClF3N4O4. The van der Waals surface area contributed by atoms with E-state index in [4.69, 9.17) is 16.3 Å². The van der Waals surface area contributed by atoms with Gasteiger partial charge in [-0.15, -0.1) is 13.2 Å². The summed E-state index contributed by atoms with van der Waals surface area (Å²) in [6.45, 7) is 6.30. The Hall–Kier alpha value is -3.73. The molecule has 0 aliphatic carbocycles. The largest absolute Gasteiger partial charge is 0.573 e. The lowest BCUT2D eigenvalue weighted by atomic mass is 9.90. The normalized spacial score (nSPS) is 14.7. The van der Waals surface area contributed by atoms with E-state index in [-0.39, 0.29) is 12.0 Å². The number of alkyl halides is 3. The molecule has 4 rings (SSSR count). The molecule has 2 amide bonds. The van der Waals surface area contributed by atoms with Crippen molar-refractivity contribution >= 4 is 29.3 Å². The molecule has 0 saturated carbocycles. The Balaban J connectivity index is 1.57. The number of ether oxygens (including phenoxy) is 2. The molecule has 0 bridgehead atoms. The SMILES string of the molecule is CC(C)(C)OC(=O)N1CCC(c2c(C(=O)Nc3ccc(OC(F)(F)F)cc3)cnn2-c2ccc(Cl)cc2)CC1. The summed E-state index contributed by atoms with van der Waals surface area (Å²) in [7, 11) is 0. The molecule has 0 atom stereocenters. The van der Waals surface area contributed by atoms with Crippen LogP contribution in [0.25, 0.3) is 5.69 Å². The van der Waals surface area contributed by atoms with Crippen molar-refractivity contribution < 1.29 is 32.2 Å². The molecule has 1 aliphatic heterocycles. The number of piperidine rings is 1. The van der Waals surface area contributed by atoms with E-state index < -0.39 is 23.6 Å². The van der Waals surface area contributed by atoms with Crippen molar-refractivity contribution in [3.63, 3.8) is 0 Å². The number of nitrogens with one attached hydrogen (secondary N) is 1. The van der Waals surface area contributed by atoms with E-state index in [9.17, 15) is 22.8 Å². The number of anilines is 1. The summed E-state index contributed by atoms with van der Waals surface area (Å²) in [5.74, 6) is -0.969. The van der Waals surface area contributed by atoms with Crippen molar-refractivity contribution in [3.8, 4) is 11.4 Å². The molecule has 0 radical (unpaired) electrons. The van der Waals surface area contributed by atoms with Crippen molar-refractivity contribution in [1.82, 2.24) is 14.7 Å². The second-order valence-corrected chi connectivity index (χ2v) is 10.5. The van der Waals surface area contributed by atoms with Crippen LogP contribution >= 0.6 is 11.6 Å². The first-order valence-electron chi connectivity index (χ1n) is 12.3. The van der Waals surface area contributed by atoms with Crippen LogP contribution in [0.15, 0.2) is 54.7 Å². The van der Waals surface area contributed by atoms with Crippen LogP contribution in [0.4, 0.5) is 23.7 Å². The number of carbonyl (C=O) groups is 2. The molecule has 0 spiro atoms. The van der Waals surface area contributed by atoms with Crippen LogP contribution in [0.1, 0.15) is 55.6 Å². The molecular weight excluding hydrogens is 537 g/mol. The van der Waals surface area contributed by atoms with E-state index in [2.05, 4.69) is 15.2 Å². The second kappa shape index (κ2) is 11.2. The van der Waals surface area contributed by atoms with Crippen LogP contribution in [0.5, 0.6) is 5.75 Å². The molecule has 1 N–H and O–H groups in total. The number of carbonyl (C=O) groups excluding carboxylic acids is 2. The number of halogens is 4. The smallest absolute Gasteiger partial charge is 0.444 e. The molecule has 2 aromatic carbocycles. The van der Waals surface area contributed by atoms with Crippen LogP contribution in [0, 0.1) is 0 Å². The zero-order valence-corrected chi connectivity index (χ0v) is 22.3. The summed E-state index contributed by atoms with van der Waals surface area (Å²) in [6.07, 6.45) is -2.59. The maximum Gasteiger partial charge on any atom is 0.573 e. The van der Waals surface area contributed by atoms with Gasteiger partial charge in [-0.2, -0.15) is 5.10 Å². The van der Waals surface area contributed by atoms with Gasteiger partial charge in [-0.3, -0.25) is 4.79 Å². The Labute approximate surface area is 228 Å². The monoisotopic (exact) mass is 564 g/mol. The number of hydrogen-bond acceptors (Lipinski definition) is 5. The minimum Gasteiger partial charge on any atom is -0.444 e. The minimum atomic E-state index is -4.81. The van der Waals surface area contributed by atoms with Gasteiger partial charge in [0.2, 0.25) is 0 Å². The maximum absolute atomic E-state index is 13.3. The molecule has 208 valence electrons. The third kappa shape index (κ3) is 7.44. The molecule has 1 fully saturated rings. The maximum atomic E-state index is 13.3. The average molecular weight is 565 g/mol. The van der Waals surface area contributed by atoms with Gasteiger partial charge < -0.3 is 19.7 Å². The molecule has 0 unspecified atom stereocenters. The lowest BCUT2D eigenvalue weighted by molar-refractivity contribution is -0.274. The third-order valence-electron chi connectivity index (χ3n) is 6.00. The lowest BCUT2D eigenvalue weighted by Gasteiger charge is -2.34. The second-order valence-electron chi connectivity index (χ2n) is 10.1. The molecule has 2 heterocycles. The zero-order valence-electron chi connectivity index (χ0n) is 21.6. The highest BCUT2D eigenvalue weighted by atomic mass is 35.5. The summed E-state index contributed by atoms with van der Waals surface area (Å²) in [5, 5.41) is 7.74. The third-order valence-corrected chi connectivity index (χ3v) is 6.25. The van der Waals surface area contributed by atoms with Gasteiger partial charge in [-0.05, 0) is 82.1 Å². The van der Waals surface area contributed by atoms with E-state index in [1.807, 2.05) is 20.8 Å².